The Bertz CT molecular complexity index is 567. The fourth-order valence-electron chi connectivity index (χ4n) is 1.27. The molecule has 0 aliphatic rings. The van der Waals surface area contributed by atoms with Gasteiger partial charge in [0.1, 0.15) is 16.0 Å². The lowest BCUT2D eigenvalue weighted by molar-refractivity contribution is 0.603. The van der Waals surface area contributed by atoms with Gasteiger partial charge in [-0.25, -0.2) is 19.9 Å². The van der Waals surface area contributed by atoms with Crippen LogP contribution in [-0.2, 0) is 6.54 Å². The third-order valence-corrected chi connectivity index (χ3v) is 3.34. The summed E-state index contributed by atoms with van der Waals surface area (Å²) < 4.78 is 2.30. The van der Waals surface area contributed by atoms with E-state index in [0.717, 1.165) is 11.4 Å². The molecule has 2 aromatic rings. The van der Waals surface area contributed by atoms with Crippen LogP contribution in [0.3, 0.4) is 0 Å². The van der Waals surface area contributed by atoms with E-state index >= 15 is 0 Å². The third-order valence-electron chi connectivity index (χ3n) is 1.97. The van der Waals surface area contributed by atoms with Gasteiger partial charge in [-0.3, -0.25) is 4.57 Å². The van der Waals surface area contributed by atoms with Crippen LogP contribution >= 0.6 is 27.7 Å². The molecule has 1 N–H and O–H groups in total. The maximum absolute atomic E-state index is 11.5. The van der Waals surface area contributed by atoms with Crippen molar-refractivity contribution in [1.82, 2.24) is 24.7 Å². The molecule has 17 heavy (non-hydrogen) atoms. The molecule has 0 aliphatic heterocycles. The first-order valence-corrected chi connectivity index (χ1v) is 6.62. The Hall–Kier alpha value is -1.15. The maximum atomic E-state index is 11.5. The first-order chi connectivity index (χ1) is 8.20. The minimum absolute atomic E-state index is 0.192. The van der Waals surface area contributed by atoms with Gasteiger partial charge in [-0.2, -0.15) is 0 Å². The molecule has 0 fully saturated rings. The number of nitrogens with one attached hydrogen (secondary N) is 1. The lowest BCUT2D eigenvalue weighted by atomic mass is 10.5. The Morgan fingerprint density at radius 1 is 1.53 bits per heavy atom. The van der Waals surface area contributed by atoms with Gasteiger partial charge < -0.3 is 0 Å². The molecule has 0 unspecified atom stereocenters. The molecule has 0 aliphatic carbocycles. The number of aromatic nitrogens is 5. The summed E-state index contributed by atoms with van der Waals surface area (Å²) in [6, 6.07) is 1.78. The largest absolute Gasteiger partial charge is 0.343 e. The molecule has 0 aromatic carbocycles. The van der Waals surface area contributed by atoms with Crippen molar-refractivity contribution in [1.29, 1.82) is 0 Å². The number of nitrogens with zero attached hydrogens (tertiary/aromatic N) is 4. The van der Waals surface area contributed by atoms with E-state index in [1.807, 2.05) is 6.92 Å². The zero-order valence-electron chi connectivity index (χ0n) is 9.05. The minimum atomic E-state index is -0.192. The first kappa shape index (κ1) is 12.3. The zero-order valence-corrected chi connectivity index (χ0v) is 11.5. The topological polar surface area (TPSA) is 76.5 Å². The van der Waals surface area contributed by atoms with E-state index in [9.17, 15) is 4.79 Å². The predicted octanol–water partition coefficient (Wildman–Crippen LogP) is 1.69. The van der Waals surface area contributed by atoms with Crippen molar-refractivity contribution in [2.24, 2.45) is 0 Å². The van der Waals surface area contributed by atoms with E-state index in [4.69, 9.17) is 0 Å². The summed E-state index contributed by atoms with van der Waals surface area (Å²) >= 11 is 4.60. The lowest BCUT2D eigenvalue weighted by Gasteiger charge is -2.02. The number of aromatic amines is 1. The van der Waals surface area contributed by atoms with Crippen molar-refractivity contribution in [2.75, 3.05) is 0 Å². The molecule has 2 rings (SSSR count). The van der Waals surface area contributed by atoms with Crippen molar-refractivity contribution in [3.05, 3.63) is 27.5 Å². The Labute approximate surface area is 110 Å². The van der Waals surface area contributed by atoms with E-state index in [1.165, 1.54) is 18.1 Å². The van der Waals surface area contributed by atoms with Crippen LogP contribution in [-0.4, -0.2) is 24.7 Å². The van der Waals surface area contributed by atoms with Gasteiger partial charge in [0, 0.05) is 12.6 Å². The third kappa shape index (κ3) is 2.95. The van der Waals surface area contributed by atoms with E-state index < -0.39 is 0 Å². The van der Waals surface area contributed by atoms with Gasteiger partial charge in [0.15, 0.2) is 5.16 Å². The molecule has 0 amide bonds. The van der Waals surface area contributed by atoms with Crippen LogP contribution in [0.25, 0.3) is 0 Å². The summed E-state index contributed by atoms with van der Waals surface area (Å²) in [6.07, 6.45) is 2.34. The van der Waals surface area contributed by atoms with Crippen LogP contribution < -0.4 is 5.69 Å². The van der Waals surface area contributed by atoms with Gasteiger partial charge >= 0.3 is 5.69 Å². The van der Waals surface area contributed by atoms with E-state index in [0.29, 0.717) is 16.3 Å². The highest BCUT2D eigenvalue weighted by Gasteiger charge is 2.10. The molecule has 0 spiro atoms. The molecule has 0 saturated carbocycles. The van der Waals surface area contributed by atoms with Gasteiger partial charge in [-0.1, -0.05) is 6.92 Å². The summed E-state index contributed by atoms with van der Waals surface area (Å²) in [5, 5.41) is 7.76. The summed E-state index contributed by atoms with van der Waals surface area (Å²) in [7, 11) is 0. The van der Waals surface area contributed by atoms with Crippen molar-refractivity contribution in [3.8, 4) is 0 Å². The van der Waals surface area contributed by atoms with Gasteiger partial charge in [0.05, 0.1) is 0 Å². The number of hydrogen-bond acceptors (Lipinski definition) is 5. The van der Waals surface area contributed by atoms with Crippen LogP contribution in [0.5, 0.6) is 0 Å². The van der Waals surface area contributed by atoms with Crippen LogP contribution in [0.2, 0.25) is 0 Å². The Morgan fingerprint density at radius 2 is 2.35 bits per heavy atom. The number of halogens is 1. The van der Waals surface area contributed by atoms with Crippen LogP contribution in [0.1, 0.15) is 13.3 Å². The second-order valence-electron chi connectivity index (χ2n) is 3.24. The molecule has 0 atom stereocenters. The van der Waals surface area contributed by atoms with E-state index in [-0.39, 0.29) is 5.69 Å². The highest BCUT2D eigenvalue weighted by atomic mass is 79.9. The number of rotatable bonds is 4. The molecule has 2 heterocycles. The lowest BCUT2D eigenvalue weighted by Crippen LogP contribution is -2.17. The zero-order chi connectivity index (χ0) is 12.3. The summed E-state index contributed by atoms with van der Waals surface area (Å²) in [5.74, 6) is 0. The molecule has 0 radical (unpaired) electrons. The van der Waals surface area contributed by atoms with Crippen molar-refractivity contribution >= 4 is 27.7 Å². The van der Waals surface area contributed by atoms with Gasteiger partial charge in [-0.05, 0) is 34.1 Å². The van der Waals surface area contributed by atoms with Gasteiger partial charge in [0.2, 0.25) is 0 Å². The fraction of sp³-hybridized carbons (Fsp3) is 0.333. The highest BCUT2D eigenvalue weighted by Crippen LogP contribution is 2.24. The van der Waals surface area contributed by atoms with Crippen LogP contribution in [0.4, 0.5) is 0 Å². The Kier molecular flexibility index (Phi) is 3.95. The summed E-state index contributed by atoms with van der Waals surface area (Å²) in [6.45, 7) is 2.65. The molecular formula is C9H10BrN5OS. The fourth-order valence-corrected chi connectivity index (χ4v) is 2.56. The Morgan fingerprint density at radius 3 is 3.06 bits per heavy atom. The monoisotopic (exact) mass is 315 g/mol. The normalized spacial score (nSPS) is 10.7. The van der Waals surface area contributed by atoms with Gasteiger partial charge in [0.25, 0.3) is 0 Å². The standard InChI is InChI=1S/C9H10BrN5OS/c1-2-3-15-8(16)13-14-9(15)17-7-4-6(10)11-5-12-7/h4-5H,2-3H2,1H3,(H,13,16). The van der Waals surface area contributed by atoms with Crippen LogP contribution in [0, 0.1) is 0 Å². The summed E-state index contributed by atoms with van der Waals surface area (Å²) in [5.41, 5.74) is -0.192. The van der Waals surface area contributed by atoms with E-state index in [1.54, 1.807) is 10.6 Å². The molecule has 6 nitrogen and oxygen atoms in total. The molecule has 0 saturated heterocycles. The second kappa shape index (κ2) is 5.46. The van der Waals surface area contributed by atoms with Crippen molar-refractivity contribution in [2.45, 2.75) is 30.1 Å². The molecule has 90 valence electrons. The van der Waals surface area contributed by atoms with Crippen molar-refractivity contribution < 1.29 is 0 Å². The smallest absolute Gasteiger partial charge is 0.270 e. The van der Waals surface area contributed by atoms with Crippen molar-refractivity contribution in [3.63, 3.8) is 0 Å². The quantitative estimate of drug-likeness (QED) is 0.869. The first-order valence-electron chi connectivity index (χ1n) is 5.01. The SMILES string of the molecule is CCCn1c(Sc2cc(Br)ncn2)n[nH]c1=O. The van der Waals surface area contributed by atoms with Crippen LogP contribution in [0.15, 0.2) is 32.0 Å². The van der Waals surface area contributed by atoms with Gasteiger partial charge in [-0.15, -0.1) is 5.10 Å². The molecular weight excluding hydrogens is 306 g/mol. The number of H-pyrrole nitrogens is 1. The van der Waals surface area contributed by atoms with E-state index in [2.05, 4.69) is 36.1 Å². The molecule has 0 bridgehead atoms. The highest BCUT2D eigenvalue weighted by molar-refractivity contribution is 9.10. The Balaban J connectivity index is 2.27. The molecule has 8 heteroatoms. The average molecular weight is 316 g/mol. The number of hydrogen-bond donors (Lipinski definition) is 1. The maximum Gasteiger partial charge on any atom is 0.343 e. The average Bonchev–Trinajstić information content (AvgIpc) is 2.62. The molecule has 2 aromatic heterocycles. The second-order valence-corrected chi connectivity index (χ2v) is 5.04. The minimum Gasteiger partial charge on any atom is -0.270 e. The summed E-state index contributed by atoms with van der Waals surface area (Å²) in [4.78, 5) is 19.5. The predicted molar refractivity (Wildman–Crippen MR) is 67.0 cm³/mol.